The predicted molar refractivity (Wildman–Crippen MR) is 151 cm³/mol. The third-order valence-electron chi connectivity index (χ3n) is 13.5. The number of ketones is 1. The SMILES string of the molecule is CCC(C)C(=O)OC1OCC23C(O)CC(OC(C)=O)C1(C)C2CC(O)C1(C)C3C(=O)C(O)C2(C)C(c3ccoc3)CC3OC321. The quantitative estimate of drug-likeness (QED) is 0.329. The third kappa shape index (κ3) is 3.23. The highest BCUT2D eigenvalue weighted by Gasteiger charge is 2.92. The van der Waals surface area contributed by atoms with Gasteiger partial charge in [-0.25, -0.2) is 0 Å². The first-order valence-electron chi connectivity index (χ1n) is 15.9. The molecule has 0 amide bonds. The number of aliphatic hydroxyl groups is 3. The largest absolute Gasteiger partial charge is 0.472 e. The van der Waals surface area contributed by atoms with E-state index in [1.165, 1.54) is 6.92 Å². The van der Waals surface area contributed by atoms with Crippen molar-refractivity contribution in [3.05, 3.63) is 24.2 Å². The minimum atomic E-state index is -1.46. The van der Waals surface area contributed by atoms with Gasteiger partial charge in [0.2, 0.25) is 6.29 Å². The molecule has 3 N–H and O–H groups in total. The van der Waals surface area contributed by atoms with E-state index in [9.17, 15) is 29.7 Å². The van der Waals surface area contributed by atoms with E-state index in [0.717, 1.165) is 5.56 Å². The fourth-order valence-electron chi connectivity index (χ4n) is 11.2. The van der Waals surface area contributed by atoms with E-state index in [0.29, 0.717) is 12.8 Å². The van der Waals surface area contributed by atoms with Gasteiger partial charge in [0, 0.05) is 41.4 Å². The number of furan rings is 1. The van der Waals surface area contributed by atoms with Gasteiger partial charge in [-0.2, -0.15) is 0 Å². The number of carbonyl (C=O) groups is 3. The lowest BCUT2D eigenvalue weighted by molar-refractivity contribution is -0.374. The highest BCUT2D eigenvalue weighted by molar-refractivity contribution is 5.91. The van der Waals surface area contributed by atoms with Crippen LogP contribution in [0.15, 0.2) is 23.0 Å². The smallest absolute Gasteiger partial charge is 0.310 e. The summed E-state index contributed by atoms with van der Waals surface area (Å²) in [4.78, 5) is 40.2. The first-order chi connectivity index (χ1) is 20.7. The summed E-state index contributed by atoms with van der Waals surface area (Å²) in [6, 6.07) is 1.84. The van der Waals surface area contributed by atoms with Gasteiger partial charge in [0.1, 0.15) is 17.8 Å². The molecule has 7 rings (SSSR count). The maximum Gasteiger partial charge on any atom is 0.310 e. The molecule has 4 saturated carbocycles. The average Bonchev–Trinajstić information content (AvgIpc) is 3.33. The van der Waals surface area contributed by atoms with Gasteiger partial charge >= 0.3 is 11.9 Å². The summed E-state index contributed by atoms with van der Waals surface area (Å²) in [5, 5.41) is 36.5. The monoisotopic (exact) mass is 616 g/mol. The van der Waals surface area contributed by atoms with Crippen molar-refractivity contribution in [3.8, 4) is 0 Å². The zero-order valence-corrected chi connectivity index (χ0v) is 26.1. The van der Waals surface area contributed by atoms with Gasteiger partial charge in [-0.15, -0.1) is 0 Å². The van der Waals surface area contributed by atoms with Gasteiger partial charge in [-0.05, 0) is 43.7 Å². The minimum absolute atomic E-state index is 0.0223. The molecule has 6 aliphatic rings. The summed E-state index contributed by atoms with van der Waals surface area (Å²) in [7, 11) is 0. The molecule has 4 aliphatic carbocycles. The summed E-state index contributed by atoms with van der Waals surface area (Å²) in [5.74, 6) is -3.89. The molecule has 6 fully saturated rings. The number of fused-ring (bicyclic) bond motifs is 1. The lowest BCUT2D eigenvalue weighted by atomic mass is 9.33. The molecular formula is C33H44O11. The van der Waals surface area contributed by atoms with Crippen molar-refractivity contribution in [2.24, 2.45) is 39.4 Å². The Kier molecular flexibility index (Phi) is 6.47. The van der Waals surface area contributed by atoms with Crippen LogP contribution >= 0.6 is 0 Å². The summed E-state index contributed by atoms with van der Waals surface area (Å²) < 4.78 is 30.0. The summed E-state index contributed by atoms with van der Waals surface area (Å²) in [6.07, 6.45) is -1.74. The van der Waals surface area contributed by atoms with Crippen molar-refractivity contribution in [2.45, 2.75) is 116 Å². The van der Waals surface area contributed by atoms with Gasteiger partial charge < -0.3 is 38.7 Å². The summed E-state index contributed by atoms with van der Waals surface area (Å²) in [5.41, 5.74) is -4.95. The van der Waals surface area contributed by atoms with E-state index in [-0.39, 0.29) is 31.5 Å². The Hall–Kier alpha value is -2.31. The Morgan fingerprint density at radius 3 is 2.43 bits per heavy atom. The second-order valence-electron chi connectivity index (χ2n) is 15.0. The van der Waals surface area contributed by atoms with E-state index in [1.54, 1.807) is 26.4 Å². The fraction of sp³-hybridized carbons (Fsp3) is 0.788. The lowest BCUT2D eigenvalue weighted by Gasteiger charge is -2.73. The number of epoxide rings is 1. The van der Waals surface area contributed by atoms with Crippen LogP contribution in [0.25, 0.3) is 0 Å². The molecule has 11 heteroatoms. The molecule has 242 valence electrons. The molecule has 0 radical (unpaired) electrons. The van der Waals surface area contributed by atoms with E-state index >= 15 is 0 Å². The molecule has 3 heterocycles. The maximum absolute atomic E-state index is 14.8. The van der Waals surface area contributed by atoms with E-state index < -0.39 is 93.4 Å². The first-order valence-corrected chi connectivity index (χ1v) is 15.9. The van der Waals surface area contributed by atoms with Gasteiger partial charge in [-0.3, -0.25) is 14.4 Å². The molecule has 15 unspecified atom stereocenters. The summed E-state index contributed by atoms with van der Waals surface area (Å²) in [6.45, 7) is 10.3. The molecule has 1 spiro atoms. The number of Topliss-reactive ketones (excluding diaryl/α,β-unsaturated/α-hetero) is 1. The fourth-order valence-corrected chi connectivity index (χ4v) is 11.2. The van der Waals surface area contributed by atoms with Crippen LogP contribution in [0.4, 0.5) is 0 Å². The normalized spacial score (nSPS) is 52.6. The minimum Gasteiger partial charge on any atom is -0.472 e. The topological polar surface area (TPSA) is 165 Å². The number of carbonyl (C=O) groups excluding carboxylic acids is 3. The van der Waals surface area contributed by atoms with Gasteiger partial charge in [0.25, 0.3) is 0 Å². The average molecular weight is 617 g/mol. The zero-order valence-electron chi connectivity index (χ0n) is 26.1. The van der Waals surface area contributed by atoms with Crippen molar-refractivity contribution in [2.75, 3.05) is 6.61 Å². The van der Waals surface area contributed by atoms with Crippen LogP contribution in [-0.4, -0.2) is 82.1 Å². The number of rotatable bonds is 5. The van der Waals surface area contributed by atoms with Crippen LogP contribution in [0.1, 0.15) is 78.7 Å². The predicted octanol–water partition coefficient (Wildman–Crippen LogP) is 2.49. The highest BCUT2D eigenvalue weighted by atomic mass is 16.7. The molecule has 44 heavy (non-hydrogen) atoms. The van der Waals surface area contributed by atoms with Crippen molar-refractivity contribution >= 4 is 17.7 Å². The van der Waals surface area contributed by atoms with Crippen LogP contribution in [0, 0.1) is 39.4 Å². The Morgan fingerprint density at radius 1 is 1.07 bits per heavy atom. The van der Waals surface area contributed by atoms with Gasteiger partial charge in [-0.1, -0.05) is 27.7 Å². The summed E-state index contributed by atoms with van der Waals surface area (Å²) >= 11 is 0. The van der Waals surface area contributed by atoms with Crippen LogP contribution in [-0.2, 0) is 33.3 Å². The maximum atomic E-state index is 14.8. The van der Waals surface area contributed by atoms with Crippen LogP contribution in [0.3, 0.4) is 0 Å². The number of aliphatic hydroxyl groups excluding tert-OH is 3. The molecular weight excluding hydrogens is 572 g/mol. The van der Waals surface area contributed by atoms with Crippen LogP contribution in [0.5, 0.6) is 0 Å². The van der Waals surface area contributed by atoms with E-state index in [1.807, 2.05) is 26.8 Å². The van der Waals surface area contributed by atoms with Crippen molar-refractivity contribution < 1.29 is 53.1 Å². The van der Waals surface area contributed by atoms with Gasteiger partial charge in [0.15, 0.2) is 5.78 Å². The molecule has 1 aromatic rings. The second-order valence-corrected chi connectivity index (χ2v) is 15.0. The number of hydrogen-bond acceptors (Lipinski definition) is 11. The lowest BCUT2D eigenvalue weighted by Crippen LogP contribution is -2.82. The number of esters is 2. The second kappa shape index (κ2) is 9.37. The third-order valence-corrected chi connectivity index (χ3v) is 13.5. The van der Waals surface area contributed by atoms with Gasteiger partial charge in [0.05, 0.1) is 48.8 Å². The number of hydrogen-bond donors (Lipinski definition) is 3. The zero-order chi connectivity index (χ0) is 31.8. The van der Waals surface area contributed by atoms with E-state index in [4.69, 9.17) is 23.4 Å². The molecule has 0 aromatic carbocycles. The molecule has 2 bridgehead atoms. The first kappa shape index (κ1) is 30.3. The Balaban J connectivity index is 1.37. The Labute approximate surface area is 256 Å². The van der Waals surface area contributed by atoms with Crippen LogP contribution in [0.2, 0.25) is 0 Å². The molecule has 2 saturated heterocycles. The van der Waals surface area contributed by atoms with Crippen molar-refractivity contribution in [3.63, 3.8) is 0 Å². The Morgan fingerprint density at radius 2 is 1.80 bits per heavy atom. The van der Waals surface area contributed by atoms with Crippen molar-refractivity contribution in [1.29, 1.82) is 0 Å². The highest BCUT2D eigenvalue weighted by Crippen LogP contribution is 2.82. The molecule has 1 aromatic heterocycles. The van der Waals surface area contributed by atoms with Crippen molar-refractivity contribution in [1.82, 2.24) is 0 Å². The molecule has 2 aliphatic heterocycles. The Bertz CT molecular complexity index is 1380. The van der Waals surface area contributed by atoms with Crippen LogP contribution < -0.4 is 0 Å². The molecule has 11 nitrogen and oxygen atoms in total. The molecule has 15 atom stereocenters. The number of ether oxygens (including phenoxy) is 4. The standard InChI is InChI=1S/C33H44O11/c1-7-15(2)27(39)43-28-29(4)19-11-20(35)31(6)25(32(19,14-41-28)21(36)12-22(29)42-16(3)34)24(37)26(38)30(5)18(17-8-9-40-13-17)10-23-33(30,31)44-23/h8-9,13,15,18-23,25-26,28,35-36,38H,7,10-12,14H2,1-6H3. The van der Waals surface area contributed by atoms with E-state index in [2.05, 4.69) is 0 Å².